The molecule has 1 N–H and O–H groups in total. The molecule has 0 radical (unpaired) electrons. The van der Waals surface area contributed by atoms with E-state index in [0.29, 0.717) is 47.3 Å². The quantitative estimate of drug-likeness (QED) is 0.192. The molecule has 204 valence electrons. The molecule has 1 aliphatic rings. The zero-order valence-corrected chi connectivity index (χ0v) is 23.3. The van der Waals surface area contributed by atoms with Crippen LogP contribution in [0.2, 0.25) is 0 Å². The van der Waals surface area contributed by atoms with Gasteiger partial charge in [-0.2, -0.15) is 0 Å². The van der Waals surface area contributed by atoms with E-state index in [0.717, 1.165) is 11.1 Å². The van der Waals surface area contributed by atoms with Crippen molar-refractivity contribution in [1.82, 2.24) is 0 Å². The van der Waals surface area contributed by atoms with Crippen molar-refractivity contribution >= 4 is 23.1 Å². The van der Waals surface area contributed by atoms with Crippen molar-refractivity contribution in [1.29, 1.82) is 0 Å². The van der Waals surface area contributed by atoms with Gasteiger partial charge in [0.1, 0.15) is 11.5 Å². The number of aryl methyl sites for hydroxylation is 1. The first-order chi connectivity index (χ1) is 18.7. The number of benzene rings is 3. The summed E-state index contributed by atoms with van der Waals surface area (Å²) in [5, 5.41) is 11.7. The monoisotopic (exact) mass is 529 g/mol. The van der Waals surface area contributed by atoms with Gasteiger partial charge < -0.3 is 19.3 Å². The third-order valence-corrected chi connectivity index (χ3v) is 6.82. The standard InChI is InChI=1S/C32H35NO6/c1-7-38-25-15-14-22(17-27(25)39-8-2)33-29(21-12-10-9-11-13-21)28(31(35)32(33)36)30(34)24-18-23(19(3)4)26(37-6)16-20(24)5/h9-19,29,34H,7-8H2,1-6H3/b30-28+. The van der Waals surface area contributed by atoms with Crippen LogP contribution in [0.25, 0.3) is 5.76 Å². The highest BCUT2D eigenvalue weighted by Crippen LogP contribution is 2.45. The summed E-state index contributed by atoms with van der Waals surface area (Å²) < 4.78 is 17.0. The Balaban J connectivity index is 1.95. The summed E-state index contributed by atoms with van der Waals surface area (Å²) in [4.78, 5) is 28.7. The number of nitrogens with zero attached hydrogens (tertiary/aromatic N) is 1. The Kier molecular flexibility index (Phi) is 8.29. The van der Waals surface area contributed by atoms with E-state index < -0.39 is 17.7 Å². The first kappa shape index (κ1) is 27.8. The minimum atomic E-state index is -0.845. The molecule has 3 aromatic carbocycles. The van der Waals surface area contributed by atoms with Gasteiger partial charge in [0.05, 0.1) is 31.9 Å². The Hall–Kier alpha value is -4.26. The van der Waals surface area contributed by atoms with Crippen molar-refractivity contribution in [3.63, 3.8) is 0 Å². The molecular formula is C32H35NO6. The summed E-state index contributed by atoms with van der Waals surface area (Å²) in [6.07, 6.45) is 0. The summed E-state index contributed by atoms with van der Waals surface area (Å²) in [6, 6.07) is 17.2. The van der Waals surface area contributed by atoms with E-state index in [-0.39, 0.29) is 17.3 Å². The number of ether oxygens (including phenoxy) is 3. The lowest BCUT2D eigenvalue weighted by Gasteiger charge is -2.26. The molecule has 0 spiro atoms. The maximum Gasteiger partial charge on any atom is 0.300 e. The van der Waals surface area contributed by atoms with Gasteiger partial charge in [0.15, 0.2) is 11.5 Å². The molecule has 0 saturated carbocycles. The van der Waals surface area contributed by atoms with Crippen molar-refractivity contribution in [2.45, 2.75) is 46.6 Å². The van der Waals surface area contributed by atoms with Gasteiger partial charge >= 0.3 is 0 Å². The molecule has 1 heterocycles. The second kappa shape index (κ2) is 11.6. The van der Waals surface area contributed by atoms with Crippen LogP contribution >= 0.6 is 0 Å². The smallest absolute Gasteiger partial charge is 0.300 e. The van der Waals surface area contributed by atoms with Crippen molar-refractivity contribution in [2.24, 2.45) is 0 Å². The Bertz CT molecular complexity index is 1410. The van der Waals surface area contributed by atoms with Crippen LogP contribution in [0.3, 0.4) is 0 Å². The topological polar surface area (TPSA) is 85.3 Å². The number of carbonyl (C=O) groups excluding carboxylic acids is 2. The van der Waals surface area contributed by atoms with Crippen LogP contribution in [0.5, 0.6) is 17.2 Å². The molecule has 1 atom stereocenters. The predicted molar refractivity (Wildman–Crippen MR) is 152 cm³/mol. The predicted octanol–water partition coefficient (Wildman–Crippen LogP) is 6.55. The number of rotatable bonds is 9. The number of hydrogen-bond donors (Lipinski definition) is 1. The Labute approximate surface area is 229 Å². The number of hydrogen-bond acceptors (Lipinski definition) is 6. The lowest BCUT2D eigenvalue weighted by Crippen LogP contribution is -2.29. The first-order valence-corrected chi connectivity index (χ1v) is 13.2. The second-order valence-electron chi connectivity index (χ2n) is 9.64. The zero-order valence-electron chi connectivity index (χ0n) is 23.3. The average Bonchev–Trinajstić information content (AvgIpc) is 3.19. The molecule has 0 bridgehead atoms. The normalized spacial score (nSPS) is 16.6. The Morgan fingerprint density at radius 1 is 0.923 bits per heavy atom. The molecular weight excluding hydrogens is 494 g/mol. The first-order valence-electron chi connectivity index (χ1n) is 13.2. The van der Waals surface area contributed by atoms with Gasteiger partial charge in [-0.25, -0.2) is 0 Å². The molecule has 1 saturated heterocycles. The highest BCUT2D eigenvalue weighted by molar-refractivity contribution is 6.51. The Morgan fingerprint density at radius 3 is 2.21 bits per heavy atom. The summed E-state index contributed by atoms with van der Waals surface area (Å²) in [5.41, 5.74) is 3.29. The van der Waals surface area contributed by atoms with Crippen LogP contribution in [0.4, 0.5) is 5.69 Å². The SMILES string of the molecule is CCOc1ccc(N2C(=O)C(=O)/C(=C(/O)c3cc(C(C)C)c(OC)cc3C)C2c2ccccc2)cc1OCC. The molecule has 7 nitrogen and oxygen atoms in total. The number of amides is 1. The number of ketones is 1. The third-order valence-electron chi connectivity index (χ3n) is 6.82. The van der Waals surface area contributed by atoms with Gasteiger partial charge in [-0.3, -0.25) is 14.5 Å². The fourth-order valence-electron chi connectivity index (χ4n) is 4.97. The van der Waals surface area contributed by atoms with E-state index in [1.54, 1.807) is 25.3 Å². The van der Waals surface area contributed by atoms with Crippen LogP contribution in [0.15, 0.2) is 66.2 Å². The molecule has 0 aromatic heterocycles. The largest absolute Gasteiger partial charge is 0.507 e. The molecule has 0 aliphatic carbocycles. The van der Waals surface area contributed by atoms with Crippen LogP contribution in [-0.4, -0.2) is 37.1 Å². The second-order valence-corrected chi connectivity index (χ2v) is 9.64. The van der Waals surface area contributed by atoms with E-state index in [1.165, 1.54) is 4.90 Å². The molecule has 39 heavy (non-hydrogen) atoms. The summed E-state index contributed by atoms with van der Waals surface area (Å²) in [6.45, 7) is 10.5. The van der Waals surface area contributed by atoms with E-state index in [2.05, 4.69) is 0 Å². The maximum absolute atomic E-state index is 13.6. The van der Waals surface area contributed by atoms with E-state index >= 15 is 0 Å². The number of Topliss-reactive ketones (excluding diaryl/α,β-unsaturated/α-hetero) is 1. The molecule has 4 rings (SSSR count). The highest BCUT2D eigenvalue weighted by Gasteiger charge is 2.47. The van der Waals surface area contributed by atoms with Crippen molar-refractivity contribution in [3.05, 3.63) is 88.5 Å². The number of anilines is 1. The number of aliphatic hydroxyl groups excluding tert-OH is 1. The van der Waals surface area contributed by atoms with Crippen LogP contribution < -0.4 is 19.1 Å². The summed E-state index contributed by atoms with van der Waals surface area (Å²) >= 11 is 0. The van der Waals surface area contributed by atoms with E-state index in [9.17, 15) is 14.7 Å². The van der Waals surface area contributed by atoms with Crippen LogP contribution in [-0.2, 0) is 9.59 Å². The van der Waals surface area contributed by atoms with Crippen molar-refractivity contribution in [2.75, 3.05) is 25.2 Å². The number of aliphatic hydroxyl groups is 1. The van der Waals surface area contributed by atoms with Crippen LogP contribution in [0, 0.1) is 6.92 Å². The molecule has 3 aromatic rings. The minimum absolute atomic E-state index is 0.0287. The molecule has 1 fully saturated rings. The third kappa shape index (κ3) is 5.21. The van der Waals surface area contributed by atoms with Crippen molar-refractivity contribution in [3.8, 4) is 17.2 Å². The fraction of sp³-hybridized carbons (Fsp3) is 0.312. The number of methoxy groups -OCH3 is 1. The van der Waals surface area contributed by atoms with Crippen LogP contribution in [0.1, 0.15) is 61.9 Å². The fourth-order valence-corrected chi connectivity index (χ4v) is 4.97. The maximum atomic E-state index is 13.6. The summed E-state index contributed by atoms with van der Waals surface area (Å²) in [7, 11) is 1.61. The molecule has 1 aliphatic heterocycles. The number of carbonyl (C=O) groups is 2. The minimum Gasteiger partial charge on any atom is -0.507 e. The lowest BCUT2D eigenvalue weighted by atomic mass is 9.91. The zero-order chi connectivity index (χ0) is 28.3. The van der Waals surface area contributed by atoms with E-state index in [1.807, 2.05) is 77.1 Å². The van der Waals surface area contributed by atoms with Gasteiger partial charge in [0, 0.05) is 17.3 Å². The van der Waals surface area contributed by atoms with Gasteiger partial charge in [-0.05, 0) is 67.6 Å². The molecule has 7 heteroatoms. The van der Waals surface area contributed by atoms with E-state index in [4.69, 9.17) is 14.2 Å². The Morgan fingerprint density at radius 2 is 1.59 bits per heavy atom. The highest BCUT2D eigenvalue weighted by atomic mass is 16.5. The molecule has 1 unspecified atom stereocenters. The summed E-state index contributed by atoms with van der Waals surface area (Å²) in [5.74, 6) is 0.130. The van der Waals surface area contributed by atoms with Gasteiger partial charge in [-0.15, -0.1) is 0 Å². The van der Waals surface area contributed by atoms with Gasteiger partial charge in [0.2, 0.25) is 0 Å². The lowest BCUT2D eigenvalue weighted by molar-refractivity contribution is -0.132. The van der Waals surface area contributed by atoms with Gasteiger partial charge in [0.25, 0.3) is 11.7 Å². The van der Waals surface area contributed by atoms with Gasteiger partial charge in [-0.1, -0.05) is 44.2 Å². The molecule has 1 amide bonds. The average molecular weight is 530 g/mol. The van der Waals surface area contributed by atoms with Crippen molar-refractivity contribution < 1.29 is 28.9 Å².